The summed E-state index contributed by atoms with van der Waals surface area (Å²) in [6.45, 7) is 1.75. The van der Waals surface area contributed by atoms with Crippen molar-refractivity contribution < 1.29 is 4.74 Å². The van der Waals surface area contributed by atoms with Gasteiger partial charge in [0.25, 0.3) is 0 Å². The molecule has 0 bridgehead atoms. The van der Waals surface area contributed by atoms with E-state index in [1.54, 1.807) is 6.33 Å². The molecule has 0 aliphatic carbocycles. The van der Waals surface area contributed by atoms with Crippen LogP contribution in [0.3, 0.4) is 0 Å². The molecule has 2 fully saturated rings. The molecule has 2 saturated heterocycles. The molecule has 0 radical (unpaired) electrons. The van der Waals surface area contributed by atoms with Gasteiger partial charge >= 0.3 is 0 Å². The minimum absolute atomic E-state index is 0.111. The number of ether oxygens (including phenoxy) is 1. The van der Waals surface area contributed by atoms with Gasteiger partial charge < -0.3 is 15.0 Å². The van der Waals surface area contributed by atoms with Gasteiger partial charge in [-0.3, -0.25) is 5.10 Å². The third-order valence-electron chi connectivity index (χ3n) is 5.59. The van der Waals surface area contributed by atoms with Crippen LogP contribution in [0.2, 0.25) is 5.02 Å². The van der Waals surface area contributed by atoms with Crippen LogP contribution in [-0.2, 0) is 4.74 Å². The van der Waals surface area contributed by atoms with Crippen LogP contribution in [0, 0.1) is 0 Å². The van der Waals surface area contributed by atoms with E-state index in [1.165, 1.54) is 0 Å². The molecular formula is C21H23ClN6O. The maximum atomic E-state index is 6.46. The molecular weight excluding hydrogens is 388 g/mol. The highest BCUT2D eigenvalue weighted by atomic mass is 35.5. The van der Waals surface area contributed by atoms with E-state index in [9.17, 15) is 0 Å². The highest BCUT2D eigenvalue weighted by molar-refractivity contribution is 6.31. The molecule has 1 aromatic carbocycles. The summed E-state index contributed by atoms with van der Waals surface area (Å²) in [6, 6.07) is 12.2. The summed E-state index contributed by atoms with van der Waals surface area (Å²) >= 11 is 6.46. The fourth-order valence-electron chi connectivity index (χ4n) is 4.20. The van der Waals surface area contributed by atoms with Gasteiger partial charge in [-0.2, -0.15) is 5.10 Å². The number of hydrogen-bond acceptors (Lipinski definition) is 6. The molecule has 29 heavy (non-hydrogen) atoms. The first-order chi connectivity index (χ1) is 14.3. The fraction of sp³-hybridized carbons (Fsp3) is 0.381. The zero-order chi connectivity index (χ0) is 19.6. The highest BCUT2D eigenvalue weighted by Crippen LogP contribution is 2.38. The molecule has 5 rings (SSSR count). The number of hydrogen-bond donors (Lipinski definition) is 2. The minimum atomic E-state index is 0.111. The molecule has 3 aromatic rings. The topological polar surface area (TPSA) is 79.0 Å². The molecule has 2 atom stereocenters. The van der Waals surface area contributed by atoms with Crippen molar-refractivity contribution in [1.82, 2.24) is 20.2 Å². The SMILES string of the molecule is Clc1ccccc1C1CCCN1c1cc(Nc2cc(C3CCCO3)[nH]n2)ncn1. The molecule has 2 aliphatic rings. The third-order valence-corrected chi connectivity index (χ3v) is 5.94. The van der Waals surface area contributed by atoms with Crippen LogP contribution in [0.25, 0.3) is 0 Å². The molecule has 0 amide bonds. The Hall–Kier alpha value is -2.64. The van der Waals surface area contributed by atoms with E-state index in [0.717, 1.165) is 66.8 Å². The van der Waals surface area contributed by atoms with Crippen LogP contribution in [0.1, 0.15) is 49.1 Å². The van der Waals surface area contributed by atoms with Gasteiger partial charge in [0, 0.05) is 30.3 Å². The largest absolute Gasteiger partial charge is 0.372 e. The van der Waals surface area contributed by atoms with Gasteiger partial charge in [-0.1, -0.05) is 29.8 Å². The van der Waals surface area contributed by atoms with Crippen molar-refractivity contribution in [3.63, 3.8) is 0 Å². The Bertz CT molecular complexity index is 987. The van der Waals surface area contributed by atoms with E-state index in [0.29, 0.717) is 5.82 Å². The number of rotatable bonds is 5. The van der Waals surface area contributed by atoms with Gasteiger partial charge in [-0.25, -0.2) is 9.97 Å². The quantitative estimate of drug-likeness (QED) is 0.629. The first-order valence-corrected chi connectivity index (χ1v) is 10.4. The van der Waals surface area contributed by atoms with E-state index in [2.05, 4.69) is 36.4 Å². The molecule has 0 spiro atoms. The van der Waals surface area contributed by atoms with Crippen molar-refractivity contribution in [2.75, 3.05) is 23.4 Å². The monoisotopic (exact) mass is 410 g/mol. The number of nitrogens with zero attached hydrogens (tertiary/aromatic N) is 4. The Morgan fingerprint density at radius 2 is 2.03 bits per heavy atom. The summed E-state index contributed by atoms with van der Waals surface area (Å²) < 4.78 is 5.71. The lowest BCUT2D eigenvalue weighted by Gasteiger charge is -2.26. The number of benzene rings is 1. The minimum Gasteiger partial charge on any atom is -0.372 e. The summed E-state index contributed by atoms with van der Waals surface area (Å²) in [5, 5.41) is 11.5. The van der Waals surface area contributed by atoms with Crippen LogP contribution < -0.4 is 10.2 Å². The van der Waals surface area contributed by atoms with Gasteiger partial charge in [0.2, 0.25) is 0 Å². The number of nitrogens with one attached hydrogen (secondary N) is 2. The molecule has 2 unspecified atom stereocenters. The average molecular weight is 411 g/mol. The summed E-state index contributed by atoms with van der Waals surface area (Å²) in [7, 11) is 0. The molecule has 8 heteroatoms. The van der Waals surface area contributed by atoms with Crippen LogP contribution >= 0.6 is 11.6 Å². The van der Waals surface area contributed by atoms with E-state index < -0.39 is 0 Å². The Morgan fingerprint density at radius 3 is 2.90 bits per heavy atom. The molecule has 2 N–H and O–H groups in total. The normalized spacial score (nSPS) is 21.6. The molecule has 2 aromatic heterocycles. The summed E-state index contributed by atoms with van der Waals surface area (Å²) in [5.41, 5.74) is 2.14. The second-order valence-electron chi connectivity index (χ2n) is 7.47. The Kier molecular flexibility index (Phi) is 5.08. The molecule has 7 nitrogen and oxygen atoms in total. The first kappa shape index (κ1) is 18.4. The van der Waals surface area contributed by atoms with Crippen molar-refractivity contribution >= 4 is 29.1 Å². The number of aromatic amines is 1. The molecule has 4 heterocycles. The third kappa shape index (κ3) is 3.80. The zero-order valence-electron chi connectivity index (χ0n) is 16.0. The molecule has 0 saturated carbocycles. The average Bonchev–Trinajstić information content (AvgIpc) is 3.50. The van der Waals surface area contributed by atoms with E-state index in [4.69, 9.17) is 16.3 Å². The lowest BCUT2D eigenvalue weighted by Crippen LogP contribution is -2.24. The lowest BCUT2D eigenvalue weighted by atomic mass is 10.0. The van der Waals surface area contributed by atoms with Crippen LogP contribution in [0.5, 0.6) is 0 Å². The molecule has 150 valence electrons. The highest BCUT2D eigenvalue weighted by Gasteiger charge is 2.29. The number of anilines is 3. The van der Waals surface area contributed by atoms with Gasteiger partial charge in [0.05, 0.1) is 17.8 Å². The Balaban J connectivity index is 1.35. The zero-order valence-corrected chi connectivity index (χ0v) is 16.8. The summed E-state index contributed by atoms with van der Waals surface area (Å²) in [4.78, 5) is 11.2. The number of halogens is 1. The second kappa shape index (κ2) is 8.00. The van der Waals surface area contributed by atoms with Crippen LogP contribution in [-0.4, -0.2) is 33.3 Å². The van der Waals surface area contributed by atoms with Crippen molar-refractivity contribution in [3.05, 3.63) is 59.0 Å². The van der Waals surface area contributed by atoms with Gasteiger partial charge in [-0.15, -0.1) is 0 Å². The predicted octanol–water partition coefficient (Wildman–Crippen LogP) is 4.79. The Morgan fingerprint density at radius 1 is 1.10 bits per heavy atom. The molecule has 2 aliphatic heterocycles. The first-order valence-electron chi connectivity index (χ1n) is 10.0. The van der Waals surface area contributed by atoms with E-state index >= 15 is 0 Å². The van der Waals surface area contributed by atoms with E-state index in [-0.39, 0.29) is 12.1 Å². The van der Waals surface area contributed by atoms with E-state index in [1.807, 2.05) is 30.3 Å². The van der Waals surface area contributed by atoms with Gasteiger partial charge in [0.15, 0.2) is 5.82 Å². The standard InChI is InChI=1S/C21H23ClN6O/c22-15-6-2-1-5-14(15)17-7-3-9-28(17)21-12-19(23-13-24-21)25-20-11-16(26-27-20)18-8-4-10-29-18/h1-2,5-6,11-13,17-18H,3-4,7-10H2,(H2,23,24,25,26,27). The Labute approximate surface area is 174 Å². The van der Waals surface area contributed by atoms with Gasteiger partial charge in [-0.05, 0) is 37.3 Å². The fourth-order valence-corrected chi connectivity index (χ4v) is 4.46. The number of H-pyrrole nitrogens is 1. The van der Waals surface area contributed by atoms with Crippen LogP contribution in [0.15, 0.2) is 42.7 Å². The van der Waals surface area contributed by atoms with Crippen LogP contribution in [0.4, 0.5) is 17.5 Å². The van der Waals surface area contributed by atoms with Gasteiger partial charge in [0.1, 0.15) is 18.0 Å². The van der Waals surface area contributed by atoms with Crippen molar-refractivity contribution in [2.24, 2.45) is 0 Å². The number of aromatic nitrogens is 4. The van der Waals surface area contributed by atoms with Crippen molar-refractivity contribution in [3.8, 4) is 0 Å². The maximum Gasteiger partial charge on any atom is 0.153 e. The van der Waals surface area contributed by atoms with Crippen molar-refractivity contribution in [2.45, 2.75) is 37.8 Å². The summed E-state index contributed by atoms with van der Waals surface area (Å²) in [6.07, 6.45) is 5.97. The summed E-state index contributed by atoms with van der Waals surface area (Å²) in [5.74, 6) is 2.33. The maximum absolute atomic E-state index is 6.46. The second-order valence-corrected chi connectivity index (χ2v) is 7.88. The van der Waals surface area contributed by atoms with Crippen molar-refractivity contribution in [1.29, 1.82) is 0 Å². The predicted molar refractivity (Wildman–Crippen MR) is 113 cm³/mol. The lowest BCUT2D eigenvalue weighted by molar-refractivity contribution is 0.108. The smallest absolute Gasteiger partial charge is 0.153 e.